The summed E-state index contributed by atoms with van der Waals surface area (Å²) >= 11 is 0. The van der Waals surface area contributed by atoms with Gasteiger partial charge in [0.15, 0.2) is 0 Å². The standard InChI is InChI=1S/C12H25N3O/c1-3-9-15(10-12(16)14-4-2)11-5-7-13-8-6-11/h11,13H,3-10H2,1-2H3,(H,14,16). The SMILES string of the molecule is CCCN(CC(=O)NCC)C1CCNCC1. The Morgan fingerprint density at radius 1 is 1.38 bits per heavy atom. The average molecular weight is 227 g/mol. The maximum atomic E-state index is 11.6. The summed E-state index contributed by atoms with van der Waals surface area (Å²) in [7, 11) is 0. The Morgan fingerprint density at radius 2 is 2.06 bits per heavy atom. The third kappa shape index (κ3) is 4.49. The summed E-state index contributed by atoms with van der Waals surface area (Å²) in [4.78, 5) is 13.9. The molecule has 16 heavy (non-hydrogen) atoms. The van der Waals surface area contributed by atoms with Crippen LogP contribution >= 0.6 is 0 Å². The predicted octanol–water partition coefficient (Wildman–Crippen LogP) is 0.587. The third-order valence-corrected chi connectivity index (χ3v) is 3.06. The number of amides is 1. The number of rotatable bonds is 6. The molecule has 0 atom stereocenters. The molecule has 4 nitrogen and oxygen atoms in total. The fourth-order valence-electron chi connectivity index (χ4n) is 2.29. The second-order valence-corrected chi connectivity index (χ2v) is 4.41. The molecule has 0 bridgehead atoms. The summed E-state index contributed by atoms with van der Waals surface area (Å²) in [5.74, 6) is 0.162. The van der Waals surface area contributed by atoms with E-state index in [2.05, 4.69) is 22.5 Å². The first-order valence-electron chi connectivity index (χ1n) is 6.49. The molecule has 0 aromatic rings. The van der Waals surface area contributed by atoms with E-state index in [1.54, 1.807) is 0 Å². The van der Waals surface area contributed by atoms with Crippen LogP contribution in [0.1, 0.15) is 33.1 Å². The molecule has 1 heterocycles. The molecule has 1 fully saturated rings. The van der Waals surface area contributed by atoms with Gasteiger partial charge in [-0.3, -0.25) is 9.69 Å². The minimum Gasteiger partial charge on any atom is -0.355 e. The molecular formula is C12H25N3O. The highest BCUT2D eigenvalue weighted by Crippen LogP contribution is 2.11. The van der Waals surface area contributed by atoms with Gasteiger partial charge in [-0.25, -0.2) is 0 Å². The zero-order chi connectivity index (χ0) is 11.8. The van der Waals surface area contributed by atoms with E-state index in [9.17, 15) is 4.79 Å². The Kier molecular flexibility index (Phi) is 6.42. The van der Waals surface area contributed by atoms with Crippen LogP contribution in [-0.4, -0.2) is 49.6 Å². The number of hydrogen-bond donors (Lipinski definition) is 2. The number of hydrogen-bond acceptors (Lipinski definition) is 3. The molecular weight excluding hydrogens is 202 g/mol. The van der Waals surface area contributed by atoms with E-state index < -0.39 is 0 Å². The summed E-state index contributed by atoms with van der Waals surface area (Å²) in [6, 6.07) is 0.587. The lowest BCUT2D eigenvalue weighted by Gasteiger charge is -2.33. The van der Waals surface area contributed by atoms with Crippen molar-refractivity contribution >= 4 is 5.91 Å². The smallest absolute Gasteiger partial charge is 0.234 e. The molecule has 4 heteroatoms. The largest absolute Gasteiger partial charge is 0.355 e. The van der Waals surface area contributed by atoms with Crippen LogP contribution in [0, 0.1) is 0 Å². The lowest BCUT2D eigenvalue weighted by atomic mass is 10.0. The van der Waals surface area contributed by atoms with E-state index in [0.717, 1.165) is 32.6 Å². The molecule has 1 saturated heterocycles. The van der Waals surface area contributed by atoms with Crippen molar-refractivity contribution in [3.63, 3.8) is 0 Å². The number of carbonyl (C=O) groups excluding carboxylic acids is 1. The van der Waals surface area contributed by atoms with Crippen molar-refractivity contribution in [2.45, 2.75) is 39.2 Å². The zero-order valence-corrected chi connectivity index (χ0v) is 10.6. The Balaban J connectivity index is 2.41. The first-order valence-corrected chi connectivity index (χ1v) is 6.49. The minimum absolute atomic E-state index is 0.162. The fourth-order valence-corrected chi connectivity index (χ4v) is 2.29. The van der Waals surface area contributed by atoms with Crippen molar-refractivity contribution in [3.05, 3.63) is 0 Å². The Hall–Kier alpha value is -0.610. The Morgan fingerprint density at radius 3 is 2.62 bits per heavy atom. The first-order chi connectivity index (χ1) is 7.77. The van der Waals surface area contributed by atoms with Gasteiger partial charge in [0, 0.05) is 12.6 Å². The number of piperidine rings is 1. The Labute approximate surface area is 98.8 Å². The van der Waals surface area contributed by atoms with E-state index in [1.807, 2.05) is 6.92 Å². The second-order valence-electron chi connectivity index (χ2n) is 4.41. The monoisotopic (exact) mass is 227 g/mol. The average Bonchev–Trinajstić information content (AvgIpc) is 2.30. The van der Waals surface area contributed by atoms with Gasteiger partial charge in [0.2, 0.25) is 5.91 Å². The van der Waals surface area contributed by atoms with Crippen LogP contribution in [-0.2, 0) is 4.79 Å². The van der Waals surface area contributed by atoms with Crippen LogP contribution in [0.5, 0.6) is 0 Å². The van der Waals surface area contributed by atoms with Crippen LogP contribution in [0.2, 0.25) is 0 Å². The second kappa shape index (κ2) is 7.63. The summed E-state index contributed by atoms with van der Waals surface area (Å²) < 4.78 is 0. The maximum absolute atomic E-state index is 11.6. The molecule has 1 aliphatic heterocycles. The van der Waals surface area contributed by atoms with Gasteiger partial charge in [-0.1, -0.05) is 6.92 Å². The van der Waals surface area contributed by atoms with Gasteiger partial charge < -0.3 is 10.6 Å². The van der Waals surface area contributed by atoms with E-state index in [0.29, 0.717) is 12.6 Å². The number of likely N-dealkylation sites (N-methyl/N-ethyl adjacent to an activating group) is 1. The lowest BCUT2D eigenvalue weighted by molar-refractivity contribution is -0.122. The van der Waals surface area contributed by atoms with E-state index in [4.69, 9.17) is 0 Å². The summed E-state index contributed by atoms with van der Waals surface area (Å²) in [5.41, 5.74) is 0. The van der Waals surface area contributed by atoms with Crippen LogP contribution < -0.4 is 10.6 Å². The zero-order valence-electron chi connectivity index (χ0n) is 10.6. The van der Waals surface area contributed by atoms with Crippen LogP contribution in [0.3, 0.4) is 0 Å². The highest BCUT2D eigenvalue weighted by atomic mass is 16.2. The van der Waals surface area contributed by atoms with Gasteiger partial charge in [0.05, 0.1) is 6.54 Å². The number of nitrogens with zero attached hydrogens (tertiary/aromatic N) is 1. The molecule has 0 spiro atoms. The van der Waals surface area contributed by atoms with Crippen molar-refractivity contribution < 1.29 is 4.79 Å². The number of nitrogens with one attached hydrogen (secondary N) is 2. The summed E-state index contributed by atoms with van der Waals surface area (Å²) in [6.45, 7) is 8.62. The first kappa shape index (κ1) is 13.5. The summed E-state index contributed by atoms with van der Waals surface area (Å²) in [6.07, 6.45) is 3.45. The highest BCUT2D eigenvalue weighted by molar-refractivity contribution is 5.77. The molecule has 0 unspecified atom stereocenters. The predicted molar refractivity (Wildman–Crippen MR) is 66.4 cm³/mol. The quantitative estimate of drug-likeness (QED) is 0.698. The van der Waals surface area contributed by atoms with Crippen LogP contribution in [0.15, 0.2) is 0 Å². The maximum Gasteiger partial charge on any atom is 0.234 e. The van der Waals surface area contributed by atoms with Crippen LogP contribution in [0.25, 0.3) is 0 Å². The highest BCUT2D eigenvalue weighted by Gasteiger charge is 2.21. The molecule has 0 radical (unpaired) electrons. The molecule has 94 valence electrons. The van der Waals surface area contributed by atoms with Gasteiger partial charge >= 0.3 is 0 Å². The molecule has 0 saturated carbocycles. The summed E-state index contributed by atoms with van der Waals surface area (Å²) in [5, 5.41) is 6.24. The van der Waals surface area contributed by atoms with Crippen molar-refractivity contribution in [2.75, 3.05) is 32.7 Å². The van der Waals surface area contributed by atoms with Crippen LogP contribution in [0.4, 0.5) is 0 Å². The van der Waals surface area contributed by atoms with E-state index in [-0.39, 0.29) is 5.91 Å². The van der Waals surface area contributed by atoms with E-state index in [1.165, 1.54) is 12.8 Å². The van der Waals surface area contributed by atoms with Gasteiger partial charge in [0.1, 0.15) is 0 Å². The van der Waals surface area contributed by atoms with Crippen molar-refractivity contribution in [3.8, 4) is 0 Å². The third-order valence-electron chi connectivity index (χ3n) is 3.06. The normalized spacial score (nSPS) is 17.7. The molecule has 1 amide bonds. The van der Waals surface area contributed by atoms with Crippen molar-refractivity contribution in [1.29, 1.82) is 0 Å². The van der Waals surface area contributed by atoms with E-state index >= 15 is 0 Å². The van der Waals surface area contributed by atoms with Gasteiger partial charge in [-0.05, 0) is 45.8 Å². The van der Waals surface area contributed by atoms with Gasteiger partial charge in [0.25, 0.3) is 0 Å². The number of carbonyl (C=O) groups is 1. The molecule has 1 rings (SSSR count). The molecule has 1 aliphatic rings. The van der Waals surface area contributed by atoms with Gasteiger partial charge in [-0.2, -0.15) is 0 Å². The van der Waals surface area contributed by atoms with Crippen molar-refractivity contribution in [2.24, 2.45) is 0 Å². The molecule has 2 N–H and O–H groups in total. The van der Waals surface area contributed by atoms with Gasteiger partial charge in [-0.15, -0.1) is 0 Å². The van der Waals surface area contributed by atoms with Crippen molar-refractivity contribution in [1.82, 2.24) is 15.5 Å². The molecule has 0 aliphatic carbocycles. The molecule has 0 aromatic heterocycles. The topological polar surface area (TPSA) is 44.4 Å². The lowest BCUT2D eigenvalue weighted by Crippen LogP contribution is -2.47. The fraction of sp³-hybridized carbons (Fsp3) is 0.917. The minimum atomic E-state index is 0.162. The Bertz CT molecular complexity index is 202. The molecule has 0 aromatic carbocycles.